The molecule has 2 nitrogen and oxygen atoms in total. The summed E-state index contributed by atoms with van der Waals surface area (Å²) in [6, 6.07) is 6.83. The van der Waals surface area contributed by atoms with Crippen LogP contribution in [0.15, 0.2) is 22.7 Å². The van der Waals surface area contributed by atoms with E-state index < -0.39 is 0 Å². The minimum Gasteiger partial charge on any atom is -0.333 e. The standard InChI is InChI=1S/C15H17Br2NO/c1-9-2-5-14(17)13(6-9)15(19)18-11-3-4-12(18)8-10(16)7-11/h2,5-6,10-12H,3-4,7-8H2,1H3. The van der Waals surface area contributed by atoms with Crippen LogP contribution in [-0.2, 0) is 0 Å². The molecule has 4 heteroatoms. The van der Waals surface area contributed by atoms with Gasteiger partial charge in [-0.1, -0.05) is 27.6 Å². The van der Waals surface area contributed by atoms with Crippen molar-refractivity contribution >= 4 is 37.8 Å². The molecule has 1 aromatic rings. The molecule has 2 heterocycles. The number of carbonyl (C=O) groups is 1. The van der Waals surface area contributed by atoms with Crippen LogP contribution in [0.4, 0.5) is 0 Å². The van der Waals surface area contributed by atoms with Crippen molar-refractivity contribution in [2.45, 2.75) is 49.5 Å². The highest BCUT2D eigenvalue weighted by molar-refractivity contribution is 9.10. The minimum absolute atomic E-state index is 0.197. The second-order valence-corrected chi connectivity index (χ2v) is 7.80. The topological polar surface area (TPSA) is 20.3 Å². The molecule has 0 N–H and O–H groups in total. The van der Waals surface area contributed by atoms with Crippen LogP contribution in [0.1, 0.15) is 41.6 Å². The summed E-state index contributed by atoms with van der Waals surface area (Å²) in [5, 5.41) is 0. The van der Waals surface area contributed by atoms with Gasteiger partial charge in [-0.2, -0.15) is 0 Å². The van der Waals surface area contributed by atoms with Crippen LogP contribution >= 0.6 is 31.9 Å². The molecule has 2 saturated heterocycles. The number of nitrogens with zero attached hydrogens (tertiary/aromatic N) is 1. The van der Waals surface area contributed by atoms with Crippen LogP contribution in [0.2, 0.25) is 0 Å². The maximum absolute atomic E-state index is 12.8. The van der Waals surface area contributed by atoms with Gasteiger partial charge >= 0.3 is 0 Å². The molecule has 19 heavy (non-hydrogen) atoms. The van der Waals surface area contributed by atoms with Crippen molar-refractivity contribution in [3.8, 4) is 0 Å². The zero-order chi connectivity index (χ0) is 13.6. The summed E-state index contributed by atoms with van der Waals surface area (Å²) >= 11 is 7.23. The molecule has 102 valence electrons. The largest absolute Gasteiger partial charge is 0.333 e. The Morgan fingerprint density at radius 1 is 1.26 bits per heavy atom. The van der Waals surface area contributed by atoms with Crippen molar-refractivity contribution in [2.75, 3.05) is 0 Å². The van der Waals surface area contributed by atoms with Crippen LogP contribution in [0, 0.1) is 6.92 Å². The number of hydrogen-bond donors (Lipinski definition) is 0. The molecule has 2 unspecified atom stereocenters. The first-order valence-electron chi connectivity index (χ1n) is 6.79. The van der Waals surface area contributed by atoms with Crippen molar-refractivity contribution in [1.82, 2.24) is 4.90 Å². The highest BCUT2D eigenvalue weighted by atomic mass is 79.9. The third-order valence-electron chi connectivity index (χ3n) is 4.26. The van der Waals surface area contributed by atoms with Gasteiger partial charge in [0.2, 0.25) is 0 Å². The van der Waals surface area contributed by atoms with Gasteiger partial charge in [0, 0.05) is 21.4 Å². The van der Waals surface area contributed by atoms with E-state index in [1.54, 1.807) is 0 Å². The van der Waals surface area contributed by atoms with Gasteiger partial charge in [0.1, 0.15) is 0 Å². The molecular formula is C15H17Br2NO. The average molecular weight is 387 g/mol. The highest BCUT2D eigenvalue weighted by Gasteiger charge is 2.42. The summed E-state index contributed by atoms with van der Waals surface area (Å²) in [6.45, 7) is 2.03. The number of alkyl halides is 1. The zero-order valence-electron chi connectivity index (χ0n) is 10.9. The summed E-state index contributed by atoms with van der Waals surface area (Å²) in [4.78, 5) is 15.5. The predicted octanol–water partition coefficient (Wildman–Crippen LogP) is 4.29. The van der Waals surface area contributed by atoms with E-state index in [2.05, 4.69) is 36.8 Å². The number of halogens is 2. The van der Waals surface area contributed by atoms with Crippen molar-refractivity contribution in [3.63, 3.8) is 0 Å². The van der Waals surface area contributed by atoms with Crippen molar-refractivity contribution in [3.05, 3.63) is 33.8 Å². The Balaban J connectivity index is 1.90. The minimum atomic E-state index is 0.197. The third-order valence-corrected chi connectivity index (χ3v) is 5.70. The van der Waals surface area contributed by atoms with E-state index in [0.29, 0.717) is 16.9 Å². The van der Waals surface area contributed by atoms with E-state index in [0.717, 1.165) is 41.3 Å². The van der Waals surface area contributed by atoms with Gasteiger partial charge in [0.05, 0.1) is 5.56 Å². The van der Waals surface area contributed by atoms with E-state index in [9.17, 15) is 4.79 Å². The Bertz CT molecular complexity index is 503. The second kappa shape index (κ2) is 5.21. The number of amides is 1. The Morgan fingerprint density at radius 2 is 1.89 bits per heavy atom. The fraction of sp³-hybridized carbons (Fsp3) is 0.533. The maximum atomic E-state index is 12.8. The van der Waals surface area contributed by atoms with Crippen molar-refractivity contribution in [2.24, 2.45) is 0 Å². The van der Waals surface area contributed by atoms with Crippen LogP contribution in [0.25, 0.3) is 0 Å². The van der Waals surface area contributed by atoms with E-state index >= 15 is 0 Å². The van der Waals surface area contributed by atoms with Gasteiger partial charge in [0.15, 0.2) is 0 Å². The van der Waals surface area contributed by atoms with Gasteiger partial charge in [-0.3, -0.25) is 4.79 Å². The fourth-order valence-electron chi connectivity index (χ4n) is 3.38. The van der Waals surface area contributed by atoms with Gasteiger partial charge < -0.3 is 4.90 Å². The molecule has 3 rings (SSSR count). The first-order valence-corrected chi connectivity index (χ1v) is 8.50. The lowest BCUT2D eigenvalue weighted by Gasteiger charge is -2.37. The number of aryl methyl sites for hydroxylation is 1. The Hall–Kier alpha value is -0.350. The maximum Gasteiger partial charge on any atom is 0.255 e. The summed E-state index contributed by atoms with van der Waals surface area (Å²) in [5.74, 6) is 0.197. The Labute approximate surface area is 130 Å². The SMILES string of the molecule is Cc1ccc(Br)c(C(=O)N2C3CCC2CC(Br)C3)c1. The lowest BCUT2D eigenvalue weighted by Crippen LogP contribution is -2.46. The molecule has 1 aromatic carbocycles. The summed E-state index contributed by atoms with van der Waals surface area (Å²) < 4.78 is 0.906. The molecule has 0 aromatic heterocycles. The summed E-state index contributed by atoms with van der Waals surface area (Å²) in [6.07, 6.45) is 4.49. The Kier molecular flexibility index (Phi) is 3.73. The van der Waals surface area contributed by atoms with Gasteiger partial charge in [-0.15, -0.1) is 0 Å². The van der Waals surface area contributed by atoms with Gasteiger partial charge in [0.25, 0.3) is 5.91 Å². The predicted molar refractivity (Wildman–Crippen MR) is 83.8 cm³/mol. The number of rotatable bonds is 1. The molecular weight excluding hydrogens is 370 g/mol. The third kappa shape index (κ3) is 2.49. The van der Waals surface area contributed by atoms with Crippen LogP contribution in [0.5, 0.6) is 0 Å². The summed E-state index contributed by atoms with van der Waals surface area (Å²) in [5.41, 5.74) is 1.94. The smallest absolute Gasteiger partial charge is 0.255 e. The number of hydrogen-bond acceptors (Lipinski definition) is 1. The molecule has 2 bridgehead atoms. The lowest BCUT2D eigenvalue weighted by atomic mass is 10.0. The number of benzene rings is 1. The quantitative estimate of drug-likeness (QED) is 0.659. The molecule has 0 radical (unpaired) electrons. The molecule has 1 amide bonds. The summed E-state index contributed by atoms with van der Waals surface area (Å²) in [7, 11) is 0. The molecule has 0 spiro atoms. The first-order chi connectivity index (χ1) is 9.06. The molecule has 2 aliphatic heterocycles. The van der Waals surface area contributed by atoms with E-state index in [1.807, 2.05) is 25.1 Å². The first kappa shape index (κ1) is 13.6. The lowest BCUT2D eigenvalue weighted by molar-refractivity contribution is 0.0602. The van der Waals surface area contributed by atoms with Gasteiger partial charge in [-0.05, 0) is 60.7 Å². The highest BCUT2D eigenvalue weighted by Crippen LogP contribution is 2.39. The van der Waals surface area contributed by atoms with Crippen LogP contribution in [-0.4, -0.2) is 27.7 Å². The van der Waals surface area contributed by atoms with Crippen molar-refractivity contribution < 1.29 is 4.79 Å². The molecule has 2 aliphatic rings. The number of fused-ring (bicyclic) bond motifs is 2. The Morgan fingerprint density at radius 3 is 2.53 bits per heavy atom. The number of piperidine rings is 1. The monoisotopic (exact) mass is 385 g/mol. The second-order valence-electron chi connectivity index (χ2n) is 5.65. The van der Waals surface area contributed by atoms with E-state index in [4.69, 9.17) is 0 Å². The average Bonchev–Trinajstić information content (AvgIpc) is 2.64. The fourth-order valence-corrected chi connectivity index (χ4v) is 4.66. The molecule has 2 atom stereocenters. The zero-order valence-corrected chi connectivity index (χ0v) is 14.1. The van der Waals surface area contributed by atoms with E-state index in [-0.39, 0.29) is 5.91 Å². The molecule has 0 aliphatic carbocycles. The van der Waals surface area contributed by atoms with Gasteiger partial charge in [-0.25, -0.2) is 0 Å². The normalized spacial score (nSPS) is 29.6. The molecule has 2 fully saturated rings. The van der Waals surface area contributed by atoms with E-state index in [1.165, 1.54) is 0 Å². The van der Waals surface area contributed by atoms with Crippen molar-refractivity contribution in [1.29, 1.82) is 0 Å². The van der Waals surface area contributed by atoms with Crippen LogP contribution in [0.3, 0.4) is 0 Å². The number of carbonyl (C=O) groups excluding carboxylic acids is 1. The van der Waals surface area contributed by atoms with Crippen LogP contribution < -0.4 is 0 Å². The molecule has 0 saturated carbocycles.